The average molecular weight is 418 g/mol. The molecule has 3 N–H and O–H groups in total. The summed E-state index contributed by atoms with van der Waals surface area (Å²) in [5.74, 6) is 0.176. The van der Waals surface area contributed by atoms with Gasteiger partial charge in [-0.3, -0.25) is 4.79 Å². The monoisotopic (exact) mass is 417 g/mol. The number of carbonyl (C=O) groups is 1. The molecule has 0 fully saturated rings. The van der Waals surface area contributed by atoms with Crippen molar-refractivity contribution in [2.24, 2.45) is 5.73 Å². The van der Waals surface area contributed by atoms with Crippen LogP contribution in [-0.4, -0.2) is 33.3 Å². The molecule has 26 heavy (non-hydrogen) atoms. The minimum Gasteiger partial charge on any atom is -0.493 e. The smallest absolute Gasteiger partial charge is 0.268 e. The molecule has 3 aromatic rings. The van der Waals surface area contributed by atoms with E-state index in [1.165, 1.54) is 6.33 Å². The molecule has 0 saturated carbocycles. The van der Waals surface area contributed by atoms with Crippen molar-refractivity contribution in [1.29, 1.82) is 0 Å². The van der Waals surface area contributed by atoms with Gasteiger partial charge in [0.1, 0.15) is 11.4 Å². The van der Waals surface area contributed by atoms with Crippen LogP contribution in [0.2, 0.25) is 0 Å². The highest BCUT2D eigenvalue weighted by Gasteiger charge is 2.18. The first-order chi connectivity index (χ1) is 12.4. The molecule has 3 rings (SSSR count). The van der Waals surface area contributed by atoms with E-state index in [-0.39, 0.29) is 11.7 Å². The van der Waals surface area contributed by atoms with Gasteiger partial charge in [-0.2, -0.15) is 0 Å². The van der Waals surface area contributed by atoms with Crippen molar-refractivity contribution in [2.75, 3.05) is 6.61 Å². The second-order valence-corrected chi connectivity index (χ2v) is 7.08. The number of rotatable bonds is 7. The fourth-order valence-electron chi connectivity index (χ4n) is 2.87. The molecule has 0 radical (unpaired) electrons. The molecular weight excluding hydrogens is 398 g/mol. The molecule has 0 aliphatic carbocycles. The van der Waals surface area contributed by atoms with Crippen LogP contribution in [0.25, 0.3) is 10.8 Å². The number of aliphatic hydroxyl groups is 1. The number of nitrogens with zero attached hydrogens (tertiary/aromatic N) is 2. The van der Waals surface area contributed by atoms with Crippen molar-refractivity contribution < 1.29 is 14.6 Å². The topological polar surface area (TPSA) is 90.4 Å². The van der Waals surface area contributed by atoms with E-state index >= 15 is 0 Å². The second-order valence-electron chi connectivity index (χ2n) is 6.17. The molecule has 2 atom stereocenters. The van der Waals surface area contributed by atoms with Crippen LogP contribution in [0, 0.1) is 0 Å². The van der Waals surface area contributed by atoms with E-state index in [4.69, 9.17) is 10.5 Å². The van der Waals surface area contributed by atoms with Crippen LogP contribution in [0.5, 0.6) is 5.75 Å². The van der Waals surface area contributed by atoms with E-state index in [0.717, 1.165) is 21.0 Å². The predicted octanol–water partition coefficient (Wildman–Crippen LogP) is 3.29. The van der Waals surface area contributed by atoms with Gasteiger partial charge >= 0.3 is 0 Å². The maximum absolute atomic E-state index is 11.2. The Balaban J connectivity index is 1.67. The first-order valence-electron chi connectivity index (χ1n) is 8.27. The lowest BCUT2D eigenvalue weighted by atomic mass is 10.1. The SMILES string of the molecule is CC(O)C(CCOc1ccc2ccc(Br)cc2c1)n1cnc(C(N)=O)c1. The third kappa shape index (κ3) is 4.23. The van der Waals surface area contributed by atoms with Gasteiger partial charge in [-0.25, -0.2) is 4.98 Å². The minimum absolute atomic E-state index is 0.177. The van der Waals surface area contributed by atoms with Gasteiger partial charge in [-0.05, 0) is 42.0 Å². The van der Waals surface area contributed by atoms with Gasteiger partial charge in [0, 0.05) is 17.1 Å². The molecule has 1 aromatic heterocycles. The first kappa shape index (κ1) is 18.4. The Labute approximate surface area is 159 Å². The van der Waals surface area contributed by atoms with Crippen molar-refractivity contribution in [3.8, 4) is 5.75 Å². The van der Waals surface area contributed by atoms with Crippen LogP contribution in [0.15, 0.2) is 53.4 Å². The lowest BCUT2D eigenvalue weighted by molar-refractivity contribution is 0.0993. The molecule has 0 aliphatic heterocycles. The Hall–Kier alpha value is -2.38. The highest BCUT2D eigenvalue weighted by atomic mass is 79.9. The molecule has 0 aliphatic rings. The van der Waals surface area contributed by atoms with E-state index in [1.807, 2.05) is 36.4 Å². The molecule has 0 spiro atoms. The van der Waals surface area contributed by atoms with E-state index < -0.39 is 12.0 Å². The van der Waals surface area contributed by atoms with Gasteiger partial charge in [0.05, 0.1) is 25.1 Å². The molecule has 6 nitrogen and oxygen atoms in total. The number of benzene rings is 2. The normalized spacial score (nSPS) is 13.5. The van der Waals surface area contributed by atoms with Crippen LogP contribution < -0.4 is 10.5 Å². The Morgan fingerprint density at radius 3 is 2.77 bits per heavy atom. The van der Waals surface area contributed by atoms with Crippen LogP contribution in [0.4, 0.5) is 0 Å². The number of hydrogen-bond acceptors (Lipinski definition) is 4. The number of amides is 1. The number of imidazole rings is 1. The number of ether oxygens (including phenoxy) is 1. The third-order valence-electron chi connectivity index (χ3n) is 4.25. The van der Waals surface area contributed by atoms with E-state index in [0.29, 0.717) is 13.0 Å². The summed E-state index contributed by atoms with van der Waals surface area (Å²) in [6.07, 6.45) is 2.99. The summed E-state index contributed by atoms with van der Waals surface area (Å²) in [6, 6.07) is 11.8. The third-order valence-corrected chi connectivity index (χ3v) is 4.74. The Morgan fingerprint density at radius 2 is 2.08 bits per heavy atom. The number of halogens is 1. The molecule has 7 heteroatoms. The fourth-order valence-corrected chi connectivity index (χ4v) is 3.25. The van der Waals surface area contributed by atoms with Gasteiger partial charge in [-0.1, -0.05) is 28.1 Å². The number of fused-ring (bicyclic) bond motifs is 1. The first-order valence-corrected chi connectivity index (χ1v) is 9.07. The lowest BCUT2D eigenvalue weighted by Gasteiger charge is -2.21. The Kier molecular flexibility index (Phi) is 5.58. The molecule has 1 heterocycles. The van der Waals surface area contributed by atoms with Crippen molar-refractivity contribution in [3.05, 3.63) is 59.1 Å². The van der Waals surface area contributed by atoms with Gasteiger partial charge in [0.25, 0.3) is 5.91 Å². The summed E-state index contributed by atoms with van der Waals surface area (Å²) < 4.78 is 8.57. The largest absolute Gasteiger partial charge is 0.493 e. The standard InChI is InChI=1S/C19H20BrN3O3/c1-12(24)18(23-10-17(19(21)25)22-11-23)6-7-26-16-5-3-13-2-4-15(20)8-14(13)9-16/h2-5,8-12,18,24H,6-7H2,1H3,(H2,21,25). The fraction of sp³-hybridized carbons (Fsp3) is 0.263. The molecule has 0 saturated heterocycles. The summed E-state index contributed by atoms with van der Waals surface area (Å²) in [6.45, 7) is 2.11. The molecule has 136 valence electrons. The summed E-state index contributed by atoms with van der Waals surface area (Å²) in [7, 11) is 0. The molecule has 2 aromatic carbocycles. The predicted molar refractivity (Wildman–Crippen MR) is 103 cm³/mol. The van der Waals surface area contributed by atoms with Crippen LogP contribution in [0.3, 0.4) is 0 Å². The molecular formula is C19H20BrN3O3. The van der Waals surface area contributed by atoms with Crippen LogP contribution in [-0.2, 0) is 0 Å². The second kappa shape index (κ2) is 7.88. The van der Waals surface area contributed by atoms with Crippen LogP contribution in [0.1, 0.15) is 29.9 Å². The van der Waals surface area contributed by atoms with Gasteiger partial charge < -0.3 is 20.1 Å². The minimum atomic E-state index is -0.624. The maximum Gasteiger partial charge on any atom is 0.268 e. The number of carbonyl (C=O) groups excluding carboxylic acids is 1. The highest BCUT2D eigenvalue weighted by molar-refractivity contribution is 9.10. The number of nitrogens with two attached hydrogens (primary N) is 1. The summed E-state index contributed by atoms with van der Waals surface area (Å²) >= 11 is 3.47. The molecule has 0 bridgehead atoms. The van der Waals surface area contributed by atoms with E-state index in [2.05, 4.69) is 20.9 Å². The zero-order valence-electron chi connectivity index (χ0n) is 14.3. The molecule has 2 unspecified atom stereocenters. The van der Waals surface area contributed by atoms with Crippen molar-refractivity contribution in [3.63, 3.8) is 0 Å². The lowest BCUT2D eigenvalue weighted by Crippen LogP contribution is -2.23. The number of hydrogen-bond donors (Lipinski definition) is 2. The van der Waals surface area contributed by atoms with Crippen molar-refractivity contribution in [2.45, 2.75) is 25.5 Å². The summed E-state index contributed by atoms with van der Waals surface area (Å²) in [5.41, 5.74) is 5.41. The van der Waals surface area contributed by atoms with Crippen molar-refractivity contribution in [1.82, 2.24) is 9.55 Å². The molecule has 1 amide bonds. The highest BCUT2D eigenvalue weighted by Crippen LogP contribution is 2.25. The van der Waals surface area contributed by atoms with Gasteiger partial charge in [0.15, 0.2) is 0 Å². The number of aliphatic hydroxyl groups excluding tert-OH is 1. The quantitative estimate of drug-likeness (QED) is 0.616. The van der Waals surface area contributed by atoms with Gasteiger partial charge in [-0.15, -0.1) is 0 Å². The summed E-state index contributed by atoms with van der Waals surface area (Å²) in [5, 5.41) is 12.3. The van der Waals surface area contributed by atoms with E-state index in [1.54, 1.807) is 17.7 Å². The number of primary amides is 1. The number of aromatic nitrogens is 2. The van der Waals surface area contributed by atoms with Gasteiger partial charge in [0.2, 0.25) is 0 Å². The zero-order valence-corrected chi connectivity index (χ0v) is 15.9. The Bertz CT molecular complexity index is 923. The van der Waals surface area contributed by atoms with Crippen LogP contribution >= 0.6 is 15.9 Å². The van der Waals surface area contributed by atoms with E-state index in [9.17, 15) is 9.90 Å². The van der Waals surface area contributed by atoms with Crippen molar-refractivity contribution >= 4 is 32.6 Å². The average Bonchev–Trinajstić information content (AvgIpc) is 3.08. The zero-order chi connectivity index (χ0) is 18.7. The maximum atomic E-state index is 11.2. The summed E-state index contributed by atoms with van der Waals surface area (Å²) in [4.78, 5) is 15.2. The Morgan fingerprint density at radius 1 is 1.31 bits per heavy atom.